The van der Waals surface area contributed by atoms with Crippen molar-refractivity contribution in [1.82, 2.24) is 5.32 Å². The van der Waals surface area contributed by atoms with E-state index in [2.05, 4.69) is 19.2 Å². The van der Waals surface area contributed by atoms with Crippen LogP contribution < -0.4 is 5.32 Å². The number of methoxy groups -OCH3 is 1. The summed E-state index contributed by atoms with van der Waals surface area (Å²) >= 11 is 0. The van der Waals surface area contributed by atoms with E-state index in [9.17, 15) is 4.79 Å². The maximum atomic E-state index is 11.8. The van der Waals surface area contributed by atoms with Crippen molar-refractivity contribution in [2.75, 3.05) is 7.11 Å². The van der Waals surface area contributed by atoms with Crippen LogP contribution in [-0.4, -0.2) is 25.2 Å². The van der Waals surface area contributed by atoms with Crippen LogP contribution in [0.25, 0.3) is 0 Å². The lowest BCUT2D eigenvalue weighted by Crippen LogP contribution is -2.45. The Morgan fingerprint density at radius 3 is 2.42 bits per heavy atom. The van der Waals surface area contributed by atoms with E-state index in [4.69, 9.17) is 4.74 Å². The van der Waals surface area contributed by atoms with Crippen molar-refractivity contribution >= 4 is 5.97 Å². The Labute approximate surface area is 118 Å². The van der Waals surface area contributed by atoms with Crippen LogP contribution in [0.5, 0.6) is 0 Å². The molecule has 2 atom stereocenters. The highest BCUT2D eigenvalue weighted by atomic mass is 16.5. The van der Waals surface area contributed by atoms with Crippen LogP contribution in [-0.2, 0) is 9.53 Å². The minimum Gasteiger partial charge on any atom is -0.468 e. The third-order valence-electron chi connectivity index (χ3n) is 4.40. The highest BCUT2D eigenvalue weighted by Crippen LogP contribution is 2.25. The number of rotatable bonds is 7. The summed E-state index contributed by atoms with van der Waals surface area (Å²) in [4.78, 5) is 11.8. The zero-order chi connectivity index (χ0) is 14.1. The summed E-state index contributed by atoms with van der Waals surface area (Å²) in [6.45, 7) is 4.39. The van der Waals surface area contributed by atoms with Gasteiger partial charge in [0.05, 0.1) is 7.11 Å². The van der Waals surface area contributed by atoms with Crippen molar-refractivity contribution in [3.8, 4) is 0 Å². The van der Waals surface area contributed by atoms with E-state index in [0.717, 1.165) is 25.2 Å². The molecule has 0 aromatic rings. The lowest BCUT2D eigenvalue weighted by molar-refractivity contribution is -0.143. The van der Waals surface area contributed by atoms with Gasteiger partial charge in [-0.25, -0.2) is 0 Å². The molecule has 1 fully saturated rings. The van der Waals surface area contributed by atoms with E-state index < -0.39 is 0 Å². The average Bonchev–Trinajstić information content (AvgIpc) is 2.71. The third-order valence-corrected chi connectivity index (χ3v) is 4.40. The molecule has 112 valence electrons. The molecular formula is C16H31NO2. The van der Waals surface area contributed by atoms with Crippen LogP contribution in [0.1, 0.15) is 71.6 Å². The van der Waals surface area contributed by atoms with Gasteiger partial charge >= 0.3 is 5.97 Å². The molecule has 0 saturated heterocycles. The fourth-order valence-electron chi connectivity index (χ4n) is 3.08. The number of hydrogen-bond donors (Lipinski definition) is 1. The Kier molecular flexibility index (Phi) is 8.11. The van der Waals surface area contributed by atoms with Gasteiger partial charge in [0.1, 0.15) is 6.04 Å². The minimum absolute atomic E-state index is 0.103. The largest absolute Gasteiger partial charge is 0.468 e. The van der Waals surface area contributed by atoms with Crippen LogP contribution in [0.4, 0.5) is 0 Å². The van der Waals surface area contributed by atoms with Crippen LogP contribution in [0, 0.1) is 5.92 Å². The molecule has 0 radical (unpaired) electrons. The summed E-state index contributed by atoms with van der Waals surface area (Å²) in [5.41, 5.74) is 0. The lowest BCUT2D eigenvalue weighted by atomic mass is 9.92. The molecule has 3 heteroatoms. The second-order valence-corrected chi connectivity index (χ2v) is 5.92. The summed E-state index contributed by atoms with van der Waals surface area (Å²) in [6, 6.07) is 0.294. The van der Waals surface area contributed by atoms with Gasteiger partial charge in [0.2, 0.25) is 0 Å². The van der Waals surface area contributed by atoms with Crippen LogP contribution in [0.15, 0.2) is 0 Å². The summed E-state index contributed by atoms with van der Waals surface area (Å²) in [5.74, 6) is 0.616. The van der Waals surface area contributed by atoms with Crippen molar-refractivity contribution < 1.29 is 9.53 Å². The molecule has 1 aliphatic rings. The Morgan fingerprint density at radius 2 is 1.89 bits per heavy atom. The molecule has 1 rings (SSSR count). The molecular weight excluding hydrogens is 238 g/mol. The highest BCUT2D eigenvalue weighted by Gasteiger charge is 2.25. The van der Waals surface area contributed by atoms with Crippen molar-refractivity contribution in [3.05, 3.63) is 0 Å². The number of carbonyl (C=O) groups excluding carboxylic acids is 1. The first-order valence-corrected chi connectivity index (χ1v) is 8.03. The van der Waals surface area contributed by atoms with Crippen molar-refractivity contribution in [2.45, 2.75) is 83.7 Å². The number of ether oxygens (including phenoxy) is 1. The van der Waals surface area contributed by atoms with Gasteiger partial charge in [-0.2, -0.15) is 0 Å². The summed E-state index contributed by atoms with van der Waals surface area (Å²) in [6.07, 6.45) is 11.1. The number of unbranched alkanes of at least 4 members (excludes halogenated alkanes) is 1. The molecule has 1 saturated carbocycles. The fraction of sp³-hybridized carbons (Fsp3) is 0.938. The SMILES string of the molecule is CCCCC(N[C@@H](C)C1CCCCCC1)C(=O)OC. The summed E-state index contributed by atoms with van der Waals surface area (Å²) < 4.78 is 4.92. The number of carbonyl (C=O) groups is 1. The minimum atomic E-state index is -0.122. The van der Waals surface area contributed by atoms with E-state index in [1.54, 1.807) is 0 Å². The first kappa shape index (κ1) is 16.5. The molecule has 1 aliphatic carbocycles. The van der Waals surface area contributed by atoms with E-state index in [1.165, 1.54) is 45.6 Å². The molecule has 0 aliphatic heterocycles. The van der Waals surface area contributed by atoms with Gasteiger partial charge in [0.25, 0.3) is 0 Å². The van der Waals surface area contributed by atoms with Crippen molar-refractivity contribution in [1.29, 1.82) is 0 Å². The fourth-order valence-corrected chi connectivity index (χ4v) is 3.08. The first-order valence-electron chi connectivity index (χ1n) is 8.03. The molecule has 0 amide bonds. The molecule has 3 nitrogen and oxygen atoms in total. The monoisotopic (exact) mass is 269 g/mol. The zero-order valence-corrected chi connectivity index (χ0v) is 12.9. The Balaban J connectivity index is 2.48. The van der Waals surface area contributed by atoms with Gasteiger partial charge in [0.15, 0.2) is 0 Å². The molecule has 19 heavy (non-hydrogen) atoms. The predicted molar refractivity (Wildman–Crippen MR) is 79.1 cm³/mol. The Morgan fingerprint density at radius 1 is 1.26 bits per heavy atom. The smallest absolute Gasteiger partial charge is 0.322 e. The molecule has 1 N–H and O–H groups in total. The molecule has 1 unspecified atom stereocenters. The Bertz CT molecular complexity index is 247. The summed E-state index contributed by atoms with van der Waals surface area (Å²) in [5, 5.41) is 3.53. The quantitative estimate of drug-likeness (QED) is 0.566. The normalized spacial score (nSPS) is 20.6. The lowest BCUT2D eigenvalue weighted by Gasteiger charge is -2.27. The van der Waals surface area contributed by atoms with E-state index >= 15 is 0 Å². The zero-order valence-electron chi connectivity index (χ0n) is 12.9. The van der Waals surface area contributed by atoms with Crippen LogP contribution in [0.3, 0.4) is 0 Å². The second kappa shape index (κ2) is 9.35. The molecule has 0 spiro atoms. The van der Waals surface area contributed by atoms with E-state index in [-0.39, 0.29) is 12.0 Å². The van der Waals surface area contributed by atoms with E-state index in [0.29, 0.717) is 6.04 Å². The molecule has 0 bridgehead atoms. The van der Waals surface area contributed by atoms with Gasteiger partial charge in [-0.1, -0.05) is 45.4 Å². The second-order valence-electron chi connectivity index (χ2n) is 5.92. The summed E-state index contributed by atoms with van der Waals surface area (Å²) in [7, 11) is 1.49. The van der Waals surface area contributed by atoms with Crippen molar-refractivity contribution in [3.63, 3.8) is 0 Å². The third kappa shape index (κ3) is 5.94. The number of nitrogens with one attached hydrogen (secondary N) is 1. The van der Waals surface area contributed by atoms with Gasteiger partial charge < -0.3 is 10.1 Å². The number of esters is 1. The van der Waals surface area contributed by atoms with Gasteiger partial charge in [0, 0.05) is 6.04 Å². The first-order chi connectivity index (χ1) is 9.19. The molecule has 0 aromatic heterocycles. The van der Waals surface area contributed by atoms with Crippen LogP contribution >= 0.6 is 0 Å². The maximum absolute atomic E-state index is 11.8. The highest BCUT2D eigenvalue weighted by molar-refractivity contribution is 5.75. The molecule has 0 heterocycles. The van der Waals surface area contributed by atoms with Gasteiger partial charge in [-0.3, -0.25) is 4.79 Å². The number of hydrogen-bond acceptors (Lipinski definition) is 3. The topological polar surface area (TPSA) is 38.3 Å². The van der Waals surface area contributed by atoms with Crippen molar-refractivity contribution in [2.24, 2.45) is 5.92 Å². The standard InChI is InChI=1S/C16H31NO2/c1-4-5-12-15(16(18)19-3)17-13(2)14-10-8-6-7-9-11-14/h13-15,17H,4-12H2,1-3H3/t13-,15?/m0/s1. The average molecular weight is 269 g/mol. The van der Waals surface area contributed by atoms with Gasteiger partial charge in [-0.15, -0.1) is 0 Å². The van der Waals surface area contributed by atoms with E-state index in [1.807, 2.05) is 0 Å². The molecule has 0 aromatic carbocycles. The van der Waals surface area contributed by atoms with Gasteiger partial charge in [-0.05, 0) is 32.1 Å². The van der Waals surface area contributed by atoms with Crippen LogP contribution in [0.2, 0.25) is 0 Å². The maximum Gasteiger partial charge on any atom is 0.322 e. The predicted octanol–water partition coefficient (Wildman–Crippen LogP) is 3.67. The Hall–Kier alpha value is -0.570.